The topological polar surface area (TPSA) is 78.3 Å². The lowest BCUT2D eigenvalue weighted by atomic mass is 10.1. The fourth-order valence-electron chi connectivity index (χ4n) is 2.96. The summed E-state index contributed by atoms with van der Waals surface area (Å²) < 4.78 is 26.4. The smallest absolute Gasteiger partial charge is 0.250 e. The summed E-state index contributed by atoms with van der Waals surface area (Å²) in [6.07, 6.45) is 4.07. The molecule has 1 aromatic heterocycles. The summed E-state index contributed by atoms with van der Waals surface area (Å²) in [5, 5.41) is 11.1. The van der Waals surface area contributed by atoms with Crippen molar-refractivity contribution in [2.24, 2.45) is 0 Å². The lowest BCUT2D eigenvalue weighted by Crippen LogP contribution is -2.19. The third-order valence-corrected chi connectivity index (χ3v) is 4.27. The van der Waals surface area contributed by atoms with Gasteiger partial charge in [0.05, 0.1) is 18.8 Å². The van der Waals surface area contributed by atoms with Crippen LogP contribution in [0.15, 0.2) is 18.2 Å². The molecule has 7 nitrogen and oxygen atoms in total. The van der Waals surface area contributed by atoms with Crippen molar-refractivity contribution < 1.29 is 18.7 Å². The molecule has 0 atom stereocenters. The van der Waals surface area contributed by atoms with Crippen LogP contribution in [0.2, 0.25) is 0 Å². The lowest BCUT2D eigenvalue weighted by molar-refractivity contribution is -0.121. The minimum absolute atomic E-state index is 0.0869. The van der Waals surface area contributed by atoms with E-state index in [9.17, 15) is 9.18 Å². The Morgan fingerprint density at radius 1 is 1.27 bits per heavy atom. The van der Waals surface area contributed by atoms with E-state index in [-0.39, 0.29) is 12.5 Å². The molecule has 3 rings (SSSR count). The van der Waals surface area contributed by atoms with Gasteiger partial charge in [0, 0.05) is 25.8 Å². The van der Waals surface area contributed by atoms with Crippen LogP contribution < -0.4 is 5.32 Å². The van der Waals surface area contributed by atoms with E-state index in [4.69, 9.17) is 9.47 Å². The van der Waals surface area contributed by atoms with Gasteiger partial charge in [0.1, 0.15) is 18.2 Å². The van der Waals surface area contributed by atoms with Crippen LogP contribution in [0.3, 0.4) is 0 Å². The summed E-state index contributed by atoms with van der Waals surface area (Å²) in [6, 6.07) is 4.44. The number of halogens is 1. The third kappa shape index (κ3) is 4.44. The van der Waals surface area contributed by atoms with Gasteiger partial charge >= 0.3 is 0 Å². The molecule has 0 bridgehead atoms. The first-order chi connectivity index (χ1) is 12.7. The number of carbonyl (C=O) groups excluding carboxylic acids is 1. The number of methoxy groups -OCH3 is 1. The van der Waals surface area contributed by atoms with Gasteiger partial charge in [-0.15, -0.1) is 10.2 Å². The molecule has 2 aromatic rings. The standard InChI is InChI=1S/C18H23FN4O3/c1-25-9-10-26-12-17(24)20-13-6-7-15(19)14(11-13)18-22-21-16-5-3-2-4-8-23(16)18/h6-7,11H,2-5,8-10,12H2,1H3,(H,20,24). The zero-order chi connectivity index (χ0) is 18.4. The number of nitrogens with one attached hydrogen (secondary N) is 1. The minimum Gasteiger partial charge on any atom is -0.382 e. The molecule has 2 heterocycles. The Labute approximate surface area is 151 Å². The molecular weight excluding hydrogens is 339 g/mol. The predicted molar refractivity (Wildman–Crippen MR) is 94.3 cm³/mol. The Balaban J connectivity index is 1.74. The highest BCUT2D eigenvalue weighted by molar-refractivity contribution is 5.92. The fraction of sp³-hybridized carbons (Fsp3) is 0.500. The number of carbonyl (C=O) groups is 1. The van der Waals surface area contributed by atoms with Crippen molar-refractivity contribution in [1.29, 1.82) is 0 Å². The summed E-state index contributed by atoms with van der Waals surface area (Å²) in [7, 11) is 1.56. The largest absolute Gasteiger partial charge is 0.382 e. The average Bonchev–Trinajstić information content (AvgIpc) is 2.88. The van der Waals surface area contributed by atoms with Crippen molar-refractivity contribution in [1.82, 2.24) is 14.8 Å². The zero-order valence-corrected chi connectivity index (χ0v) is 14.8. The van der Waals surface area contributed by atoms with Crippen LogP contribution in [0, 0.1) is 5.82 Å². The molecule has 0 saturated carbocycles. The second kappa shape index (κ2) is 8.86. The zero-order valence-electron chi connectivity index (χ0n) is 14.8. The number of anilines is 1. The second-order valence-corrected chi connectivity index (χ2v) is 6.19. The Bertz CT molecular complexity index is 763. The van der Waals surface area contributed by atoms with E-state index >= 15 is 0 Å². The quantitative estimate of drug-likeness (QED) is 0.766. The van der Waals surface area contributed by atoms with Crippen molar-refractivity contribution in [3.63, 3.8) is 0 Å². The first-order valence-electron chi connectivity index (χ1n) is 8.77. The molecule has 1 aliphatic rings. The number of hydrogen-bond acceptors (Lipinski definition) is 5. The monoisotopic (exact) mass is 362 g/mol. The number of hydrogen-bond donors (Lipinski definition) is 1. The van der Waals surface area contributed by atoms with Crippen LogP contribution in [0.5, 0.6) is 0 Å². The van der Waals surface area contributed by atoms with Crippen molar-refractivity contribution in [2.75, 3.05) is 32.2 Å². The maximum atomic E-state index is 14.4. The Morgan fingerprint density at radius 2 is 2.15 bits per heavy atom. The molecule has 0 spiro atoms. The summed E-state index contributed by atoms with van der Waals surface area (Å²) in [5.74, 6) is 0.697. The van der Waals surface area contributed by atoms with Crippen molar-refractivity contribution >= 4 is 11.6 Å². The second-order valence-electron chi connectivity index (χ2n) is 6.19. The summed E-state index contributed by atoms with van der Waals surface area (Å²) in [4.78, 5) is 11.9. The molecule has 26 heavy (non-hydrogen) atoms. The summed E-state index contributed by atoms with van der Waals surface area (Å²) in [5.41, 5.74) is 0.830. The first-order valence-corrected chi connectivity index (χ1v) is 8.77. The van der Waals surface area contributed by atoms with E-state index in [0.717, 1.165) is 38.1 Å². The van der Waals surface area contributed by atoms with Gasteiger partial charge in [-0.05, 0) is 31.0 Å². The molecule has 0 fully saturated rings. The summed E-state index contributed by atoms with van der Waals surface area (Å²) in [6.45, 7) is 1.45. The number of ether oxygens (including phenoxy) is 2. The molecule has 1 aliphatic heterocycles. The van der Waals surface area contributed by atoms with Gasteiger partial charge in [-0.1, -0.05) is 6.42 Å². The predicted octanol–water partition coefficient (Wildman–Crippen LogP) is 2.41. The number of benzene rings is 1. The highest BCUT2D eigenvalue weighted by atomic mass is 19.1. The lowest BCUT2D eigenvalue weighted by Gasteiger charge is -2.10. The number of amides is 1. The van der Waals surface area contributed by atoms with Gasteiger partial charge in [-0.3, -0.25) is 4.79 Å². The van der Waals surface area contributed by atoms with Crippen molar-refractivity contribution in [3.05, 3.63) is 29.8 Å². The van der Waals surface area contributed by atoms with E-state index in [0.29, 0.717) is 30.3 Å². The SMILES string of the molecule is COCCOCC(=O)Nc1ccc(F)c(-c2nnc3n2CCCCC3)c1. The molecule has 8 heteroatoms. The number of nitrogens with zero attached hydrogens (tertiary/aromatic N) is 3. The van der Waals surface area contributed by atoms with Gasteiger partial charge < -0.3 is 19.4 Å². The number of aromatic nitrogens is 3. The molecule has 0 saturated heterocycles. The molecule has 1 amide bonds. The van der Waals surface area contributed by atoms with Gasteiger partial charge in [-0.25, -0.2) is 4.39 Å². The molecule has 0 radical (unpaired) electrons. The van der Waals surface area contributed by atoms with Crippen LogP contribution in [0.1, 0.15) is 25.1 Å². The van der Waals surface area contributed by atoms with Crippen LogP contribution in [-0.2, 0) is 27.2 Å². The highest BCUT2D eigenvalue weighted by Crippen LogP contribution is 2.27. The minimum atomic E-state index is -0.390. The maximum absolute atomic E-state index is 14.4. The van der Waals surface area contributed by atoms with Crippen molar-refractivity contribution in [2.45, 2.75) is 32.2 Å². The van der Waals surface area contributed by atoms with Crippen LogP contribution >= 0.6 is 0 Å². The van der Waals surface area contributed by atoms with Crippen LogP contribution in [0.4, 0.5) is 10.1 Å². The maximum Gasteiger partial charge on any atom is 0.250 e. The fourth-order valence-corrected chi connectivity index (χ4v) is 2.96. The number of fused-ring (bicyclic) bond motifs is 1. The Hall–Kier alpha value is -2.32. The van der Waals surface area contributed by atoms with E-state index in [1.165, 1.54) is 12.1 Å². The normalized spacial score (nSPS) is 13.9. The Morgan fingerprint density at radius 3 is 3.00 bits per heavy atom. The van der Waals surface area contributed by atoms with Gasteiger partial charge in [0.25, 0.3) is 0 Å². The molecule has 140 valence electrons. The molecular formula is C18H23FN4O3. The van der Waals surface area contributed by atoms with E-state index < -0.39 is 5.82 Å². The van der Waals surface area contributed by atoms with E-state index in [2.05, 4.69) is 15.5 Å². The highest BCUT2D eigenvalue weighted by Gasteiger charge is 2.19. The van der Waals surface area contributed by atoms with Crippen LogP contribution in [0.25, 0.3) is 11.4 Å². The third-order valence-electron chi connectivity index (χ3n) is 4.27. The molecule has 0 unspecified atom stereocenters. The number of rotatable bonds is 7. The molecule has 1 N–H and O–H groups in total. The van der Waals surface area contributed by atoms with Gasteiger partial charge in [0.2, 0.25) is 5.91 Å². The van der Waals surface area contributed by atoms with Gasteiger partial charge in [-0.2, -0.15) is 0 Å². The molecule has 1 aromatic carbocycles. The first kappa shape index (κ1) is 18.5. The Kier molecular flexibility index (Phi) is 6.30. The molecule has 0 aliphatic carbocycles. The van der Waals surface area contributed by atoms with Gasteiger partial charge in [0.15, 0.2) is 5.82 Å². The van der Waals surface area contributed by atoms with Crippen molar-refractivity contribution in [3.8, 4) is 11.4 Å². The van der Waals surface area contributed by atoms with E-state index in [1.807, 2.05) is 4.57 Å². The average molecular weight is 362 g/mol. The number of aryl methyl sites for hydroxylation is 1. The van der Waals surface area contributed by atoms with Crippen LogP contribution in [-0.4, -0.2) is 47.6 Å². The van der Waals surface area contributed by atoms with E-state index in [1.54, 1.807) is 13.2 Å². The summed E-state index contributed by atoms with van der Waals surface area (Å²) >= 11 is 0.